The Bertz CT molecular complexity index is 534. The number of nitrogens with one attached hydrogen (secondary N) is 1. The van der Waals surface area contributed by atoms with Crippen LogP contribution in [0.25, 0.3) is 0 Å². The lowest BCUT2D eigenvalue weighted by atomic mass is 10.0. The second-order valence-corrected chi connectivity index (χ2v) is 5.70. The fourth-order valence-electron chi connectivity index (χ4n) is 2.71. The maximum Gasteiger partial charge on any atom is 0.287 e. The molecule has 6 nitrogen and oxygen atoms in total. The smallest absolute Gasteiger partial charge is 0.287 e. The highest BCUT2D eigenvalue weighted by Crippen LogP contribution is 2.26. The van der Waals surface area contributed by atoms with E-state index in [0.29, 0.717) is 17.8 Å². The molecule has 0 aromatic carbocycles. The third-order valence-corrected chi connectivity index (χ3v) is 4.41. The van der Waals surface area contributed by atoms with E-state index in [4.69, 9.17) is 16.7 Å². The highest BCUT2D eigenvalue weighted by molar-refractivity contribution is 6.33. The minimum atomic E-state index is -0.343. The summed E-state index contributed by atoms with van der Waals surface area (Å²) in [6, 6.07) is 0.698. The molecule has 1 aromatic heterocycles. The van der Waals surface area contributed by atoms with Gasteiger partial charge in [0.2, 0.25) is 0 Å². The van der Waals surface area contributed by atoms with Crippen LogP contribution >= 0.6 is 11.6 Å². The van der Waals surface area contributed by atoms with Gasteiger partial charge in [0.1, 0.15) is 5.02 Å². The predicted molar refractivity (Wildman–Crippen MR) is 84.1 cm³/mol. The van der Waals surface area contributed by atoms with Gasteiger partial charge in [-0.15, -0.1) is 0 Å². The number of rotatable bonds is 5. The Labute approximate surface area is 129 Å². The van der Waals surface area contributed by atoms with E-state index in [9.17, 15) is 4.79 Å². The van der Waals surface area contributed by atoms with E-state index in [-0.39, 0.29) is 23.7 Å². The molecule has 0 radical (unpaired) electrons. The molecule has 0 saturated carbocycles. The van der Waals surface area contributed by atoms with Crippen LogP contribution in [0.5, 0.6) is 0 Å². The van der Waals surface area contributed by atoms with E-state index in [1.165, 1.54) is 4.68 Å². The largest absolute Gasteiger partial charge is 0.394 e. The maximum atomic E-state index is 12.2. The van der Waals surface area contributed by atoms with Crippen molar-refractivity contribution in [3.05, 3.63) is 21.6 Å². The van der Waals surface area contributed by atoms with Gasteiger partial charge < -0.3 is 15.3 Å². The zero-order valence-electron chi connectivity index (χ0n) is 12.5. The van der Waals surface area contributed by atoms with E-state index in [1.54, 1.807) is 6.20 Å². The molecule has 2 rings (SSSR count). The highest BCUT2D eigenvalue weighted by Gasteiger charge is 2.28. The number of aliphatic hydroxyl groups is 1. The zero-order valence-corrected chi connectivity index (χ0v) is 13.3. The monoisotopic (exact) mass is 314 g/mol. The predicted octanol–water partition coefficient (Wildman–Crippen LogP) is 0.856. The second-order valence-electron chi connectivity index (χ2n) is 5.32. The van der Waals surface area contributed by atoms with Crippen molar-refractivity contribution in [2.75, 3.05) is 24.6 Å². The number of anilines is 1. The highest BCUT2D eigenvalue weighted by atomic mass is 35.5. The number of aliphatic hydroxyl groups excluding tert-OH is 1. The molecule has 2 heterocycles. The van der Waals surface area contributed by atoms with Crippen LogP contribution in [-0.4, -0.2) is 46.7 Å². The Hall–Kier alpha value is -1.11. The molecule has 1 fully saturated rings. The molecule has 0 amide bonds. The van der Waals surface area contributed by atoms with Crippen LogP contribution < -0.4 is 15.8 Å². The molecule has 0 aliphatic carbocycles. The van der Waals surface area contributed by atoms with E-state index in [1.807, 2.05) is 0 Å². The average molecular weight is 315 g/mol. The van der Waals surface area contributed by atoms with Crippen molar-refractivity contribution in [1.82, 2.24) is 15.1 Å². The fraction of sp³-hybridized carbons (Fsp3) is 0.714. The first kappa shape index (κ1) is 16.3. The van der Waals surface area contributed by atoms with Crippen molar-refractivity contribution in [2.24, 2.45) is 0 Å². The number of hydrogen-bond donors (Lipinski definition) is 2. The molecule has 7 heteroatoms. The van der Waals surface area contributed by atoms with Gasteiger partial charge in [-0.3, -0.25) is 4.79 Å². The van der Waals surface area contributed by atoms with Crippen molar-refractivity contribution in [2.45, 2.75) is 45.3 Å². The normalized spacial score (nSPS) is 22.6. The molecule has 2 unspecified atom stereocenters. The number of halogens is 1. The standard InChI is InChI=1S/C14H23ClN4O2/c1-3-10-9-18(11(4-2)7-16-10)12-8-17-19(5-6-20)14(21)13(12)15/h8,10-11,16,20H,3-7,9H2,1-2H3. The Morgan fingerprint density at radius 1 is 1.48 bits per heavy atom. The molecule has 0 bridgehead atoms. The summed E-state index contributed by atoms with van der Waals surface area (Å²) in [6.45, 7) is 5.99. The number of hydrogen-bond acceptors (Lipinski definition) is 5. The Balaban J connectivity index is 2.34. The van der Waals surface area contributed by atoms with Gasteiger partial charge in [0.15, 0.2) is 0 Å². The molecule has 21 heavy (non-hydrogen) atoms. The third-order valence-electron chi connectivity index (χ3n) is 4.05. The summed E-state index contributed by atoms with van der Waals surface area (Å²) in [7, 11) is 0. The van der Waals surface area contributed by atoms with Gasteiger partial charge in [0.05, 0.1) is 25.0 Å². The summed E-state index contributed by atoms with van der Waals surface area (Å²) in [4.78, 5) is 14.4. The van der Waals surface area contributed by atoms with E-state index in [2.05, 4.69) is 29.2 Å². The van der Waals surface area contributed by atoms with Gasteiger partial charge in [-0.05, 0) is 12.8 Å². The lowest BCUT2D eigenvalue weighted by Crippen LogP contribution is -2.56. The van der Waals surface area contributed by atoms with Crippen LogP contribution in [0.4, 0.5) is 5.69 Å². The number of nitrogens with zero attached hydrogens (tertiary/aromatic N) is 3. The first-order valence-corrected chi connectivity index (χ1v) is 7.86. The molecule has 1 aromatic rings. The topological polar surface area (TPSA) is 70.4 Å². The Kier molecular flexibility index (Phi) is 5.61. The third kappa shape index (κ3) is 3.39. The van der Waals surface area contributed by atoms with E-state index >= 15 is 0 Å². The molecule has 1 aliphatic rings. The SMILES string of the molecule is CCC1CN(c2cnn(CCO)c(=O)c2Cl)C(CC)CN1. The fourth-order valence-corrected chi connectivity index (χ4v) is 2.96. The van der Waals surface area contributed by atoms with E-state index in [0.717, 1.165) is 25.9 Å². The summed E-state index contributed by atoms with van der Waals surface area (Å²) in [5.74, 6) is 0. The molecule has 1 saturated heterocycles. The average Bonchev–Trinajstić information content (AvgIpc) is 2.51. The van der Waals surface area contributed by atoms with Crippen molar-refractivity contribution in [3.63, 3.8) is 0 Å². The van der Waals surface area contributed by atoms with Gasteiger partial charge in [0, 0.05) is 25.2 Å². The molecule has 118 valence electrons. The van der Waals surface area contributed by atoms with Crippen LogP contribution in [0.3, 0.4) is 0 Å². The lowest BCUT2D eigenvalue weighted by molar-refractivity contribution is 0.266. The summed E-state index contributed by atoms with van der Waals surface area (Å²) in [6.07, 6.45) is 3.64. The van der Waals surface area contributed by atoms with Gasteiger partial charge in [-0.2, -0.15) is 5.10 Å². The molecular weight excluding hydrogens is 292 g/mol. The summed E-state index contributed by atoms with van der Waals surface area (Å²) >= 11 is 6.26. The second kappa shape index (κ2) is 7.24. The Morgan fingerprint density at radius 3 is 2.86 bits per heavy atom. The van der Waals surface area contributed by atoms with Crippen molar-refractivity contribution < 1.29 is 5.11 Å². The quantitative estimate of drug-likeness (QED) is 0.843. The van der Waals surface area contributed by atoms with Gasteiger partial charge in [0.25, 0.3) is 5.56 Å². The first-order valence-electron chi connectivity index (χ1n) is 7.48. The summed E-state index contributed by atoms with van der Waals surface area (Å²) in [5, 5.41) is 16.8. The van der Waals surface area contributed by atoms with Crippen LogP contribution in [-0.2, 0) is 6.54 Å². The lowest BCUT2D eigenvalue weighted by Gasteiger charge is -2.41. The first-order chi connectivity index (χ1) is 10.1. The summed E-state index contributed by atoms with van der Waals surface area (Å²) in [5.41, 5.74) is 0.354. The van der Waals surface area contributed by atoms with Crippen LogP contribution in [0, 0.1) is 0 Å². The van der Waals surface area contributed by atoms with E-state index < -0.39 is 0 Å². The van der Waals surface area contributed by atoms with Gasteiger partial charge in [-0.1, -0.05) is 25.4 Å². The number of piperazine rings is 1. The molecule has 2 atom stereocenters. The van der Waals surface area contributed by atoms with Gasteiger partial charge in [-0.25, -0.2) is 4.68 Å². The minimum absolute atomic E-state index is 0.133. The van der Waals surface area contributed by atoms with Crippen LogP contribution in [0.1, 0.15) is 26.7 Å². The molecular formula is C14H23ClN4O2. The minimum Gasteiger partial charge on any atom is -0.394 e. The van der Waals surface area contributed by atoms with Crippen LogP contribution in [0.2, 0.25) is 5.02 Å². The maximum absolute atomic E-state index is 12.2. The zero-order chi connectivity index (χ0) is 15.4. The molecule has 1 aliphatic heterocycles. The molecule has 2 N–H and O–H groups in total. The van der Waals surface area contributed by atoms with Gasteiger partial charge >= 0.3 is 0 Å². The van der Waals surface area contributed by atoms with Crippen molar-refractivity contribution >= 4 is 17.3 Å². The Morgan fingerprint density at radius 2 is 2.24 bits per heavy atom. The number of aromatic nitrogens is 2. The summed E-state index contributed by atoms with van der Waals surface area (Å²) < 4.78 is 1.20. The van der Waals surface area contributed by atoms with Crippen LogP contribution in [0.15, 0.2) is 11.0 Å². The molecule has 0 spiro atoms. The van der Waals surface area contributed by atoms with Crippen molar-refractivity contribution in [1.29, 1.82) is 0 Å². The van der Waals surface area contributed by atoms with Crippen molar-refractivity contribution in [3.8, 4) is 0 Å².